The van der Waals surface area contributed by atoms with Gasteiger partial charge in [0.05, 0.1) is 0 Å². The molecule has 1 aliphatic heterocycles. The fourth-order valence-corrected chi connectivity index (χ4v) is 2.37. The summed E-state index contributed by atoms with van der Waals surface area (Å²) in [5.74, 6) is 7.32. The molecule has 100 valence electrons. The first kappa shape index (κ1) is 13.0. The average molecular weight is 250 g/mol. The van der Waals surface area contributed by atoms with E-state index in [1.54, 1.807) is 6.20 Å². The fraction of sp³-hybridized carbons (Fsp3) is 0.667. The number of hydrazine groups is 1. The van der Waals surface area contributed by atoms with Gasteiger partial charge in [0, 0.05) is 24.8 Å². The molecule has 0 aliphatic carbocycles. The van der Waals surface area contributed by atoms with Crippen LogP contribution in [-0.4, -0.2) is 41.5 Å². The number of likely N-dealkylation sites (tertiary alicyclic amines) is 1. The highest BCUT2D eigenvalue weighted by atomic mass is 15.3. The number of nitrogens with two attached hydrogens (primary N) is 1. The number of hydrogen-bond donors (Lipinski definition) is 3. The molecule has 0 aromatic carbocycles. The molecule has 0 spiro atoms. The summed E-state index contributed by atoms with van der Waals surface area (Å²) < 4.78 is 0. The highest BCUT2D eigenvalue weighted by Crippen LogP contribution is 2.17. The van der Waals surface area contributed by atoms with Crippen molar-refractivity contribution in [1.82, 2.24) is 14.9 Å². The van der Waals surface area contributed by atoms with Crippen molar-refractivity contribution in [3.8, 4) is 0 Å². The Kier molecular flexibility index (Phi) is 4.33. The maximum absolute atomic E-state index is 5.32. The van der Waals surface area contributed by atoms with Gasteiger partial charge in [-0.2, -0.15) is 4.98 Å². The number of nitrogens with one attached hydrogen (secondary N) is 2. The summed E-state index contributed by atoms with van der Waals surface area (Å²) in [5.41, 5.74) is 3.51. The predicted octanol–water partition coefficient (Wildman–Crippen LogP) is 0.824. The van der Waals surface area contributed by atoms with E-state index in [0.29, 0.717) is 11.9 Å². The zero-order valence-corrected chi connectivity index (χ0v) is 11.1. The van der Waals surface area contributed by atoms with Crippen LogP contribution in [0.2, 0.25) is 0 Å². The lowest BCUT2D eigenvalue weighted by atomic mass is 9.98. The molecule has 6 heteroatoms. The lowest BCUT2D eigenvalue weighted by molar-refractivity contribution is 0.217. The number of rotatable bonds is 4. The highest BCUT2D eigenvalue weighted by molar-refractivity contribution is 5.46. The number of aryl methyl sites for hydroxylation is 1. The molecule has 18 heavy (non-hydrogen) atoms. The van der Waals surface area contributed by atoms with Gasteiger partial charge >= 0.3 is 0 Å². The minimum atomic E-state index is 0.448. The molecule has 2 heterocycles. The van der Waals surface area contributed by atoms with Crippen LogP contribution >= 0.6 is 0 Å². The standard InChI is InChI=1S/C12H22N6/c1-9-6-15-12(17-13)16-11(9)14-7-10-4-3-5-18(2)8-10/h6,10H,3-5,7-8,13H2,1-2H3,(H2,14,15,16,17). The molecule has 1 fully saturated rings. The second kappa shape index (κ2) is 5.97. The summed E-state index contributed by atoms with van der Waals surface area (Å²) in [6.45, 7) is 5.31. The Bertz CT molecular complexity index is 394. The first-order valence-corrected chi connectivity index (χ1v) is 6.41. The van der Waals surface area contributed by atoms with E-state index < -0.39 is 0 Å². The molecule has 1 aromatic rings. The number of nitrogen functional groups attached to an aromatic ring is 1. The predicted molar refractivity (Wildman–Crippen MR) is 73.3 cm³/mol. The Morgan fingerprint density at radius 1 is 1.56 bits per heavy atom. The third-order valence-corrected chi connectivity index (χ3v) is 3.38. The van der Waals surface area contributed by atoms with Crippen molar-refractivity contribution >= 4 is 11.8 Å². The van der Waals surface area contributed by atoms with Crippen molar-refractivity contribution in [2.45, 2.75) is 19.8 Å². The Hall–Kier alpha value is -1.40. The Morgan fingerprint density at radius 2 is 2.39 bits per heavy atom. The maximum atomic E-state index is 5.32. The molecule has 1 aromatic heterocycles. The highest BCUT2D eigenvalue weighted by Gasteiger charge is 2.17. The topological polar surface area (TPSA) is 79.1 Å². The lowest BCUT2D eigenvalue weighted by Crippen LogP contribution is -2.35. The molecule has 1 aliphatic rings. The van der Waals surface area contributed by atoms with Crippen LogP contribution in [-0.2, 0) is 0 Å². The van der Waals surface area contributed by atoms with E-state index in [-0.39, 0.29) is 0 Å². The quantitative estimate of drug-likeness (QED) is 0.542. The van der Waals surface area contributed by atoms with Crippen molar-refractivity contribution in [2.75, 3.05) is 37.4 Å². The van der Waals surface area contributed by atoms with E-state index in [2.05, 4.69) is 32.7 Å². The van der Waals surface area contributed by atoms with Crippen LogP contribution in [0, 0.1) is 12.8 Å². The third kappa shape index (κ3) is 3.30. The van der Waals surface area contributed by atoms with Gasteiger partial charge in [0.1, 0.15) is 5.82 Å². The van der Waals surface area contributed by atoms with Crippen LogP contribution in [0.5, 0.6) is 0 Å². The molecular formula is C12H22N6. The zero-order valence-electron chi connectivity index (χ0n) is 11.1. The van der Waals surface area contributed by atoms with Gasteiger partial charge in [0.15, 0.2) is 0 Å². The molecule has 6 nitrogen and oxygen atoms in total. The average Bonchev–Trinajstić information content (AvgIpc) is 2.38. The van der Waals surface area contributed by atoms with Gasteiger partial charge in [-0.05, 0) is 39.3 Å². The van der Waals surface area contributed by atoms with Crippen molar-refractivity contribution in [1.29, 1.82) is 0 Å². The Balaban J connectivity index is 1.92. The molecule has 2 rings (SSSR count). The van der Waals surface area contributed by atoms with Crippen LogP contribution < -0.4 is 16.6 Å². The van der Waals surface area contributed by atoms with Crippen molar-refractivity contribution in [3.05, 3.63) is 11.8 Å². The van der Waals surface area contributed by atoms with Gasteiger partial charge in [-0.25, -0.2) is 10.8 Å². The van der Waals surface area contributed by atoms with E-state index >= 15 is 0 Å². The molecule has 4 N–H and O–H groups in total. The summed E-state index contributed by atoms with van der Waals surface area (Å²) in [4.78, 5) is 10.8. The number of nitrogens with zero attached hydrogens (tertiary/aromatic N) is 3. The molecule has 1 atom stereocenters. The lowest BCUT2D eigenvalue weighted by Gasteiger charge is -2.29. The van der Waals surface area contributed by atoms with Gasteiger partial charge in [0.25, 0.3) is 0 Å². The summed E-state index contributed by atoms with van der Waals surface area (Å²) in [6, 6.07) is 0. The van der Waals surface area contributed by atoms with E-state index in [9.17, 15) is 0 Å². The van der Waals surface area contributed by atoms with Crippen LogP contribution in [0.25, 0.3) is 0 Å². The second-order valence-corrected chi connectivity index (χ2v) is 5.02. The number of hydrogen-bond acceptors (Lipinski definition) is 6. The molecule has 0 amide bonds. The Morgan fingerprint density at radius 3 is 3.11 bits per heavy atom. The number of aromatic nitrogens is 2. The van der Waals surface area contributed by atoms with Gasteiger partial charge in [-0.3, -0.25) is 5.43 Å². The second-order valence-electron chi connectivity index (χ2n) is 5.02. The van der Waals surface area contributed by atoms with Crippen molar-refractivity contribution < 1.29 is 0 Å². The Labute approximate surface area is 108 Å². The normalized spacial score (nSPS) is 20.7. The molecule has 1 saturated heterocycles. The molecular weight excluding hydrogens is 228 g/mol. The third-order valence-electron chi connectivity index (χ3n) is 3.38. The smallest absolute Gasteiger partial charge is 0.239 e. The minimum absolute atomic E-state index is 0.448. The van der Waals surface area contributed by atoms with Gasteiger partial charge < -0.3 is 10.2 Å². The maximum Gasteiger partial charge on any atom is 0.239 e. The van der Waals surface area contributed by atoms with E-state index in [0.717, 1.165) is 24.5 Å². The van der Waals surface area contributed by atoms with Crippen molar-refractivity contribution in [2.24, 2.45) is 11.8 Å². The molecule has 0 bridgehead atoms. The van der Waals surface area contributed by atoms with Gasteiger partial charge in [0.2, 0.25) is 5.95 Å². The summed E-state index contributed by atoms with van der Waals surface area (Å²) in [7, 11) is 2.18. The van der Waals surface area contributed by atoms with Crippen LogP contribution in [0.15, 0.2) is 6.20 Å². The van der Waals surface area contributed by atoms with Gasteiger partial charge in [-0.15, -0.1) is 0 Å². The number of piperidine rings is 1. The van der Waals surface area contributed by atoms with Crippen LogP contribution in [0.4, 0.5) is 11.8 Å². The largest absolute Gasteiger partial charge is 0.369 e. The molecule has 1 unspecified atom stereocenters. The minimum Gasteiger partial charge on any atom is -0.369 e. The summed E-state index contributed by atoms with van der Waals surface area (Å²) in [5, 5.41) is 3.40. The van der Waals surface area contributed by atoms with E-state index in [1.807, 2.05) is 6.92 Å². The van der Waals surface area contributed by atoms with Crippen LogP contribution in [0.1, 0.15) is 18.4 Å². The first-order chi connectivity index (χ1) is 8.69. The van der Waals surface area contributed by atoms with Crippen molar-refractivity contribution in [3.63, 3.8) is 0 Å². The summed E-state index contributed by atoms with van der Waals surface area (Å²) >= 11 is 0. The molecule has 0 saturated carbocycles. The van der Waals surface area contributed by atoms with Gasteiger partial charge in [-0.1, -0.05) is 0 Å². The number of anilines is 2. The van der Waals surface area contributed by atoms with E-state index in [1.165, 1.54) is 19.4 Å². The van der Waals surface area contributed by atoms with Crippen LogP contribution in [0.3, 0.4) is 0 Å². The SMILES string of the molecule is Cc1cnc(NN)nc1NCC1CCCN(C)C1. The summed E-state index contributed by atoms with van der Waals surface area (Å²) in [6.07, 6.45) is 4.34. The van der Waals surface area contributed by atoms with E-state index in [4.69, 9.17) is 5.84 Å². The molecule has 0 radical (unpaired) electrons. The monoisotopic (exact) mass is 250 g/mol. The first-order valence-electron chi connectivity index (χ1n) is 6.41. The fourth-order valence-electron chi connectivity index (χ4n) is 2.37. The zero-order chi connectivity index (χ0) is 13.0.